The van der Waals surface area contributed by atoms with Crippen LogP contribution in [0.3, 0.4) is 0 Å². The van der Waals surface area contributed by atoms with E-state index in [-0.39, 0.29) is 6.61 Å². The highest BCUT2D eigenvalue weighted by molar-refractivity contribution is 5.68. The molecule has 2 aromatic rings. The molecule has 1 atom stereocenters. The van der Waals surface area contributed by atoms with Crippen LogP contribution in [0.1, 0.15) is 38.1 Å². The lowest BCUT2D eigenvalue weighted by molar-refractivity contribution is 0.0501. The minimum Gasteiger partial charge on any atom is -0.497 e. The molecule has 0 saturated carbocycles. The molecule has 26 heavy (non-hydrogen) atoms. The predicted molar refractivity (Wildman–Crippen MR) is 95.9 cm³/mol. The summed E-state index contributed by atoms with van der Waals surface area (Å²) in [5, 5.41) is 20.0. The standard InChI is InChI=1S/C18H26N4O4/c1-18(2,3)26-17(24)20-15(16-12-19-21-22(16)9-10-23)11-13-5-7-14(25-4)8-6-13/h5-8,12,15,23H,9-11H2,1-4H3,(H,20,24)/t15-/m0/s1. The van der Waals surface area contributed by atoms with Gasteiger partial charge in [0.2, 0.25) is 0 Å². The van der Waals surface area contributed by atoms with Crippen molar-refractivity contribution in [3.05, 3.63) is 41.7 Å². The van der Waals surface area contributed by atoms with Crippen molar-refractivity contribution in [2.45, 2.75) is 45.4 Å². The molecule has 8 heteroatoms. The summed E-state index contributed by atoms with van der Waals surface area (Å²) < 4.78 is 12.1. The molecule has 1 amide bonds. The van der Waals surface area contributed by atoms with Gasteiger partial charge in [0.25, 0.3) is 0 Å². The van der Waals surface area contributed by atoms with Crippen molar-refractivity contribution in [2.75, 3.05) is 13.7 Å². The second-order valence-electron chi connectivity index (χ2n) is 6.86. The fourth-order valence-corrected chi connectivity index (χ4v) is 2.48. The van der Waals surface area contributed by atoms with Gasteiger partial charge in [0, 0.05) is 0 Å². The highest BCUT2D eigenvalue weighted by atomic mass is 16.6. The lowest BCUT2D eigenvalue weighted by Gasteiger charge is -2.24. The van der Waals surface area contributed by atoms with Crippen LogP contribution in [0.15, 0.2) is 30.5 Å². The number of rotatable bonds is 7. The molecule has 0 unspecified atom stereocenters. The summed E-state index contributed by atoms with van der Waals surface area (Å²) in [6.07, 6.45) is 1.58. The monoisotopic (exact) mass is 362 g/mol. The molecular formula is C18H26N4O4. The number of ether oxygens (including phenoxy) is 2. The summed E-state index contributed by atoms with van der Waals surface area (Å²) in [6.45, 7) is 5.65. The smallest absolute Gasteiger partial charge is 0.408 e. The van der Waals surface area contributed by atoms with Gasteiger partial charge in [-0.3, -0.25) is 0 Å². The van der Waals surface area contributed by atoms with Gasteiger partial charge in [-0.05, 0) is 44.9 Å². The zero-order valence-electron chi connectivity index (χ0n) is 15.6. The minimum absolute atomic E-state index is 0.0714. The average Bonchev–Trinajstić information content (AvgIpc) is 3.02. The molecule has 0 spiro atoms. The molecule has 0 bridgehead atoms. The van der Waals surface area contributed by atoms with Gasteiger partial charge in [-0.15, -0.1) is 5.10 Å². The summed E-state index contributed by atoms with van der Waals surface area (Å²) in [5.74, 6) is 0.761. The number of aliphatic hydroxyl groups excluding tert-OH is 1. The van der Waals surface area contributed by atoms with E-state index < -0.39 is 17.7 Å². The maximum atomic E-state index is 12.3. The number of hydrogen-bond acceptors (Lipinski definition) is 6. The third kappa shape index (κ3) is 5.73. The van der Waals surface area contributed by atoms with Crippen LogP contribution in [0.2, 0.25) is 0 Å². The Balaban J connectivity index is 2.22. The maximum Gasteiger partial charge on any atom is 0.408 e. The van der Waals surface area contributed by atoms with Crippen LogP contribution in [0.25, 0.3) is 0 Å². The normalized spacial score (nSPS) is 12.5. The van der Waals surface area contributed by atoms with Crippen molar-refractivity contribution >= 4 is 6.09 Å². The van der Waals surface area contributed by atoms with Crippen LogP contribution in [0.4, 0.5) is 4.79 Å². The first-order valence-electron chi connectivity index (χ1n) is 8.44. The van der Waals surface area contributed by atoms with Gasteiger partial charge >= 0.3 is 6.09 Å². The second kappa shape index (κ2) is 8.66. The SMILES string of the molecule is COc1ccc(C[C@H](NC(=O)OC(C)(C)C)c2cnnn2CCO)cc1. The summed E-state index contributed by atoms with van der Waals surface area (Å²) in [4.78, 5) is 12.3. The van der Waals surface area contributed by atoms with E-state index in [0.717, 1.165) is 11.3 Å². The first kappa shape index (κ1) is 19.7. The number of hydrogen-bond donors (Lipinski definition) is 2. The summed E-state index contributed by atoms with van der Waals surface area (Å²) in [5.41, 5.74) is 1.10. The molecule has 1 aromatic heterocycles. The zero-order chi connectivity index (χ0) is 19.2. The van der Waals surface area contributed by atoms with Crippen LogP contribution in [-0.2, 0) is 17.7 Å². The fourth-order valence-electron chi connectivity index (χ4n) is 2.48. The molecule has 0 aliphatic rings. The van der Waals surface area contributed by atoms with Crippen molar-refractivity contribution in [3.63, 3.8) is 0 Å². The third-order valence-corrected chi connectivity index (χ3v) is 3.61. The van der Waals surface area contributed by atoms with Gasteiger partial charge in [-0.1, -0.05) is 17.3 Å². The van der Waals surface area contributed by atoms with Crippen molar-refractivity contribution < 1.29 is 19.4 Å². The Kier molecular flexibility index (Phi) is 6.57. The quantitative estimate of drug-likeness (QED) is 0.782. The first-order valence-corrected chi connectivity index (χ1v) is 8.44. The highest BCUT2D eigenvalue weighted by Gasteiger charge is 2.23. The molecule has 0 fully saturated rings. The van der Waals surface area contributed by atoms with E-state index in [1.54, 1.807) is 18.0 Å². The molecule has 1 aromatic carbocycles. The molecule has 0 aliphatic heterocycles. The molecule has 2 N–H and O–H groups in total. The van der Waals surface area contributed by atoms with Gasteiger partial charge in [-0.25, -0.2) is 9.48 Å². The Morgan fingerprint density at radius 2 is 2.00 bits per heavy atom. The number of methoxy groups -OCH3 is 1. The maximum absolute atomic E-state index is 12.3. The van der Waals surface area contributed by atoms with Gasteiger partial charge < -0.3 is 19.9 Å². The molecular weight excluding hydrogens is 336 g/mol. The van der Waals surface area contributed by atoms with E-state index in [4.69, 9.17) is 9.47 Å². The van der Waals surface area contributed by atoms with E-state index in [1.165, 1.54) is 0 Å². The number of alkyl carbamates (subject to hydrolysis) is 1. The Bertz CT molecular complexity index is 707. The lowest BCUT2D eigenvalue weighted by atomic mass is 10.0. The largest absolute Gasteiger partial charge is 0.497 e. The van der Waals surface area contributed by atoms with Crippen LogP contribution in [-0.4, -0.2) is 45.5 Å². The summed E-state index contributed by atoms with van der Waals surface area (Å²) in [6, 6.07) is 7.19. The van der Waals surface area contributed by atoms with E-state index in [9.17, 15) is 9.90 Å². The number of carbonyl (C=O) groups excluding carboxylic acids is 1. The Labute approximate surface area is 153 Å². The number of aromatic nitrogens is 3. The first-order chi connectivity index (χ1) is 12.3. The lowest BCUT2D eigenvalue weighted by Crippen LogP contribution is -2.36. The summed E-state index contributed by atoms with van der Waals surface area (Å²) >= 11 is 0. The zero-order valence-corrected chi connectivity index (χ0v) is 15.6. The van der Waals surface area contributed by atoms with E-state index in [2.05, 4.69) is 15.6 Å². The number of nitrogens with one attached hydrogen (secondary N) is 1. The number of nitrogens with zero attached hydrogens (tertiary/aromatic N) is 3. The number of benzene rings is 1. The van der Waals surface area contributed by atoms with Gasteiger partial charge in [0.05, 0.1) is 38.2 Å². The number of carbonyl (C=O) groups is 1. The Morgan fingerprint density at radius 1 is 1.31 bits per heavy atom. The molecule has 142 valence electrons. The molecule has 1 heterocycles. The van der Waals surface area contributed by atoms with Crippen LogP contribution in [0.5, 0.6) is 5.75 Å². The van der Waals surface area contributed by atoms with Gasteiger partial charge in [0.15, 0.2) is 0 Å². The molecule has 0 radical (unpaired) electrons. The average molecular weight is 362 g/mol. The van der Waals surface area contributed by atoms with Crippen LogP contribution >= 0.6 is 0 Å². The van der Waals surface area contributed by atoms with Gasteiger partial charge in [0.1, 0.15) is 11.4 Å². The van der Waals surface area contributed by atoms with Gasteiger partial charge in [-0.2, -0.15) is 0 Å². The Hall–Kier alpha value is -2.61. The number of aliphatic hydroxyl groups is 1. The molecule has 2 rings (SSSR count). The molecule has 0 aliphatic carbocycles. The minimum atomic E-state index is -0.599. The summed E-state index contributed by atoms with van der Waals surface area (Å²) in [7, 11) is 1.61. The van der Waals surface area contributed by atoms with Crippen LogP contribution < -0.4 is 10.1 Å². The Morgan fingerprint density at radius 3 is 2.58 bits per heavy atom. The number of amides is 1. The molecule has 0 saturated heterocycles. The van der Waals surface area contributed by atoms with Crippen molar-refractivity contribution in [1.82, 2.24) is 20.3 Å². The second-order valence-corrected chi connectivity index (χ2v) is 6.86. The van der Waals surface area contributed by atoms with E-state index >= 15 is 0 Å². The predicted octanol–water partition coefficient (Wildman–Crippen LogP) is 2.09. The van der Waals surface area contributed by atoms with Crippen LogP contribution in [0, 0.1) is 0 Å². The van der Waals surface area contributed by atoms with Crippen molar-refractivity contribution in [3.8, 4) is 5.75 Å². The van der Waals surface area contributed by atoms with Crippen molar-refractivity contribution in [2.24, 2.45) is 0 Å². The topological polar surface area (TPSA) is 98.5 Å². The third-order valence-electron chi connectivity index (χ3n) is 3.61. The molecule has 8 nitrogen and oxygen atoms in total. The van der Waals surface area contributed by atoms with E-state index in [1.807, 2.05) is 45.0 Å². The van der Waals surface area contributed by atoms with E-state index in [0.29, 0.717) is 18.7 Å². The fraction of sp³-hybridized carbons (Fsp3) is 0.500. The highest BCUT2D eigenvalue weighted by Crippen LogP contribution is 2.21. The van der Waals surface area contributed by atoms with Crippen molar-refractivity contribution in [1.29, 1.82) is 0 Å².